The summed E-state index contributed by atoms with van der Waals surface area (Å²) in [6.45, 7) is 1.67. The fourth-order valence-electron chi connectivity index (χ4n) is 1.31. The molecule has 0 spiro atoms. The topological polar surface area (TPSA) is 92.2 Å². The van der Waals surface area contributed by atoms with Crippen LogP contribution in [0.3, 0.4) is 0 Å². The van der Waals surface area contributed by atoms with E-state index in [1.54, 1.807) is 6.92 Å². The Kier molecular flexibility index (Phi) is 5.30. The summed E-state index contributed by atoms with van der Waals surface area (Å²) in [5.41, 5.74) is 0. The molecular formula is C10H11Cl2N3O3. The van der Waals surface area contributed by atoms with Gasteiger partial charge < -0.3 is 10.4 Å². The van der Waals surface area contributed by atoms with Gasteiger partial charge in [0, 0.05) is 12.8 Å². The van der Waals surface area contributed by atoms with Gasteiger partial charge in [0.2, 0.25) is 5.91 Å². The van der Waals surface area contributed by atoms with Gasteiger partial charge in [0.15, 0.2) is 11.0 Å². The van der Waals surface area contributed by atoms with Crippen LogP contribution in [0.2, 0.25) is 10.2 Å². The van der Waals surface area contributed by atoms with Crippen LogP contribution in [0, 0.1) is 5.92 Å². The first-order chi connectivity index (χ1) is 8.40. The van der Waals surface area contributed by atoms with Crippen molar-refractivity contribution < 1.29 is 14.7 Å². The molecule has 18 heavy (non-hydrogen) atoms. The van der Waals surface area contributed by atoms with Crippen molar-refractivity contribution in [1.82, 2.24) is 9.97 Å². The largest absolute Gasteiger partial charge is 0.481 e. The van der Waals surface area contributed by atoms with Gasteiger partial charge >= 0.3 is 5.97 Å². The van der Waals surface area contributed by atoms with Crippen LogP contribution in [0.1, 0.15) is 19.8 Å². The number of hydrogen-bond acceptors (Lipinski definition) is 4. The van der Waals surface area contributed by atoms with E-state index >= 15 is 0 Å². The summed E-state index contributed by atoms with van der Waals surface area (Å²) in [4.78, 5) is 29.5. The molecule has 1 aromatic heterocycles. The van der Waals surface area contributed by atoms with Gasteiger partial charge in [-0.25, -0.2) is 9.97 Å². The van der Waals surface area contributed by atoms with Gasteiger partial charge in [-0.15, -0.1) is 0 Å². The first kappa shape index (κ1) is 14.7. The number of amides is 1. The maximum absolute atomic E-state index is 11.6. The summed E-state index contributed by atoms with van der Waals surface area (Å²) in [7, 11) is 0. The minimum absolute atomic E-state index is 0.0422. The lowest BCUT2D eigenvalue weighted by molar-refractivity contribution is -0.138. The lowest BCUT2D eigenvalue weighted by atomic mass is 10.0. The minimum Gasteiger partial charge on any atom is -0.481 e. The smallest absolute Gasteiger partial charge is 0.303 e. The third-order valence-corrected chi connectivity index (χ3v) is 2.80. The molecule has 0 aliphatic carbocycles. The number of carbonyl (C=O) groups excluding carboxylic acids is 1. The van der Waals surface area contributed by atoms with E-state index in [4.69, 9.17) is 28.3 Å². The van der Waals surface area contributed by atoms with Gasteiger partial charge in [0.1, 0.15) is 11.3 Å². The molecule has 6 nitrogen and oxygen atoms in total. The number of rotatable bonds is 5. The van der Waals surface area contributed by atoms with Crippen molar-refractivity contribution in [2.24, 2.45) is 5.92 Å². The van der Waals surface area contributed by atoms with E-state index in [1.165, 1.54) is 6.33 Å². The molecule has 0 radical (unpaired) electrons. The van der Waals surface area contributed by atoms with Gasteiger partial charge in [-0.1, -0.05) is 30.1 Å². The molecule has 0 saturated heterocycles. The molecule has 1 heterocycles. The Balaban J connectivity index is 2.59. The Morgan fingerprint density at radius 3 is 2.67 bits per heavy atom. The van der Waals surface area contributed by atoms with Crippen LogP contribution >= 0.6 is 23.2 Å². The normalized spacial score (nSPS) is 11.9. The molecule has 98 valence electrons. The Morgan fingerprint density at radius 1 is 1.39 bits per heavy atom. The van der Waals surface area contributed by atoms with E-state index in [1.807, 2.05) is 0 Å². The second-order valence-electron chi connectivity index (χ2n) is 3.78. The SMILES string of the molecule is CC(CC(=O)O)CC(=O)Nc1ncnc(Cl)c1Cl. The van der Waals surface area contributed by atoms with Crippen LogP contribution in [0.5, 0.6) is 0 Å². The van der Waals surface area contributed by atoms with E-state index in [0.29, 0.717) is 0 Å². The number of anilines is 1. The number of nitrogens with one attached hydrogen (secondary N) is 1. The maximum Gasteiger partial charge on any atom is 0.303 e. The predicted octanol–water partition coefficient (Wildman–Crippen LogP) is 2.22. The molecule has 1 rings (SSSR count). The van der Waals surface area contributed by atoms with Gasteiger partial charge in [0.25, 0.3) is 0 Å². The van der Waals surface area contributed by atoms with Crippen molar-refractivity contribution in [3.63, 3.8) is 0 Å². The Morgan fingerprint density at radius 2 is 2.06 bits per heavy atom. The highest BCUT2D eigenvalue weighted by molar-refractivity contribution is 6.42. The van der Waals surface area contributed by atoms with Crippen LogP contribution < -0.4 is 5.32 Å². The van der Waals surface area contributed by atoms with Gasteiger partial charge in [-0.05, 0) is 5.92 Å². The highest BCUT2D eigenvalue weighted by Crippen LogP contribution is 2.25. The van der Waals surface area contributed by atoms with Crippen LogP contribution in [-0.2, 0) is 9.59 Å². The number of hydrogen-bond donors (Lipinski definition) is 2. The second-order valence-corrected chi connectivity index (χ2v) is 4.52. The van der Waals surface area contributed by atoms with E-state index in [2.05, 4.69) is 15.3 Å². The molecular weight excluding hydrogens is 281 g/mol. The van der Waals surface area contributed by atoms with E-state index in [0.717, 1.165) is 0 Å². The molecule has 0 saturated carbocycles. The summed E-state index contributed by atoms with van der Waals surface area (Å²) in [6.07, 6.45) is 1.15. The molecule has 1 aromatic rings. The summed E-state index contributed by atoms with van der Waals surface area (Å²) in [5, 5.41) is 11.1. The Hall–Kier alpha value is -1.40. The maximum atomic E-state index is 11.6. The monoisotopic (exact) mass is 291 g/mol. The number of nitrogens with zero attached hydrogens (tertiary/aromatic N) is 2. The van der Waals surface area contributed by atoms with Crippen molar-refractivity contribution in [3.8, 4) is 0 Å². The van der Waals surface area contributed by atoms with Gasteiger partial charge in [-0.2, -0.15) is 0 Å². The quantitative estimate of drug-likeness (QED) is 0.812. The average Bonchev–Trinajstić information content (AvgIpc) is 2.23. The van der Waals surface area contributed by atoms with E-state index in [-0.39, 0.29) is 40.7 Å². The third kappa shape index (κ3) is 4.46. The lowest BCUT2D eigenvalue weighted by Gasteiger charge is -2.09. The summed E-state index contributed by atoms with van der Waals surface area (Å²) in [5.74, 6) is -1.48. The third-order valence-electron chi connectivity index (χ3n) is 2.06. The first-order valence-corrected chi connectivity index (χ1v) is 5.83. The highest BCUT2D eigenvalue weighted by Gasteiger charge is 2.15. The number of halogens is 2. The molecule has 1 atom stereocenters. The van der Waals surface area contributed by atoms with Crippen LogP contribution in [0.4, 0.5) is 5.82 Å². The zero-order chi connectivity index (χ0) is 13.7. The standard InChI is InChI=1S/C10H11Cl2N3O3/c1-5(3-7(17)18)2-6(16)15-10-8(11)9(12)13-4-14-10/h4-5H,2-3H2,1H3,(H,17,18)(H,13,14,15,16). The van der Waals surface area contributed by atoms with Crippen LogP contribution in [0.15, 0.2) is 6.33 Å². The van der Waals surface area contributed by atoms with Crippen LogP contribution in [0.25, 0.3) is 0 Å². The van der Waals surface area contributed by atoms with Crippen molar-refractivity contribution in [2.45, 2.75) is 19.8 Å². The zero-order valence-corrected chi connectivity index (χ0v) is 11.0. The molecule has 0 aliphatic heterocycles. The first-order valence-electron chi connectivity index (χ1n) is 5.07. The number of carbonyl (C=O) groups is 2. The van der Waals surface area contributed by atoms with Crippen molar-refractivity contribution in [3.05, 3.63) is 16.5 Å². The minimum atomic E-state index is -0.946. The molecule has 1 amide bonds. The zero-order valence-electron chi connectivity index (χ0n) is 9.48. The molecule has 0 bridgehead atoms. The lowest BCUT2D eigenvalue weighted by Crippen LogP contribution is -2.18. The fourth-order valence-corrected chi connectivity index (χ4v) is 1.58. The highest BCUT2D eigenvalue weighted by atomic mass is 35.5. The Labute approximate surface area is 113 Å². The molecule has 0 aliphatic rings. The van der Waals surface area contributed by atoms with Crippen molar-refractivity contribution in [2.75, 3.05) is 5.32 Å². The molecule has 2 N–H and O–H groups in total. The molecule has 8 heteroatoms. The molecule has 0 fully saturated rings. The number of aliphatic carboxylic acids is 1. The molecule has 1 unspecified atom stereocenters. The average molecular weight is 292 g/mol. The fraction of sp³-hybridized carbons (Fsp3) is 0.400. The molecule has 0 aromatic carbocycles. The van der Waals surface area contributed by atoms with E-state index < -0.39 is 5.97 Å². The van der Waals surface area contributed by atoms with Crippen molar-refractivity contribution in [1.29, 1.82) is 0 Å². The summed E-state index contributed by atoms with van der Waals surface area (Å²) >= 11 is 11.5. The second kappa shape index (κ2) is 6.51. The van der Waals surface area contributed by atoms with Crippen molar-refractivity contribution >= 4 is 40.9 Å². The van der Waals surface area contributed by atoms with Crippen LogP contribution in [-0.4, -0.2) is 27.0 Å². The van der Waals surface area contributed by atoms with Gasteiger partial charge in [-0.3, -0.25) is 9.59 Å². The number of aromatic nitrogens is 2. The van der Waals surface area contributed by atoms with Gasteiger partial charge in [0.05, 0.1) is 0 Å². The summed E-state index contributed by atoms with van der Waals surface area (Å²) < 4.78 is 0. The predicted molar refractivity (Wildman–Crippen MR) is 66.7 cm³/mol. The summed E-state index contributed by atoms with van der Waals surface area (Å²) in [6, 6.07) is 0. The number of carboxylic acids is 1. The Bertz CT molecular complexity index is 468. The number of carboxylic acid groups (broad SMARTS) is 1. The van der Waals surface area contributed by atoms with E-state index in [9.17, 15) is 9.59 Å².